The van der Waals surface area contributed by atoms with Gasteiger partial charge in [0.2, 0.25) is 5.28 Å². The van der Waals surface area contributed by atoms with Gasteiger partial charge in [-0.25, -0.2) is 14.8 Å². The zero-order valence-corrected chi connectivity index (χ0v) is 15.2. The van der Waals surface area contributed by atoms with Gasteiger partial charge in [0.15, 0.2) is 0 Å². The van der Waals surface area contributed by atoms with E-state index in [1.807, 2.05) is 40.8 Å². The van der Waals surface area contributed by atoms with Crippen LogP contribution in [0.25, 0.3) is 0 Å². The van der Waals surface area contributed by atoms with Crippen molar-refractivity contribution in [2.24, 2.45) is 5.92 Å². The summed E-state index contributed by atoms with van der Waals surface area (Å²) < 4.78 is 5.43. The topological polar surface area (TPSA) is 58.6 Å². The van der Waals surface area contributed by atoms with Crippen molar-refractivity contribution in [2.75, 3.05) is 31.6 Å². The molecule has 0 N–H and O–H groups in total. The number of aromatic nitrogens is 2. The van der Waals surface area contributed by atoms with Gasteiger partial charge in [-0.15, -0.1) is 0 Å². The Labute approximate surface area is 142 Å². The minimum Gasteiger partial charge on any atom is -0.444 e. The molecule has 0 radical (unpaired) electrons. The Morgan fingerprint density at radius 3 is 2.78 bits per heavy atom. The second-order valence-corrected chi connectivity index (χ2v) is 7.44. The third kappa shape index (κ3) is 5.23. The number of rotatable bonds is 3. The van der Waals surface area contributed by atoms with Crippen LogP contribution >= 0.6 is 11.6 Å². The molecule has 128 valence electrons. The second-order valence-electron chi connectivity index (χ2n) is 7.10. The number of aryl methyl sites for hydroxylation is 1. The van der Waals surface area contributed by atoms with Crippen molar-refractivity contribution >= 4 is 23.5 Å². The molecule has 0 unspecified atom stereocenters. The highest BCUT2D eigenvalue weighted by Crippen LogP contribution is 2.22. The number of carbonyl (C=O) groups is 1. The van der Waals surface area contributed by atoms with Crippen LogP contribution in [0.4, 0.5) is 10.6 Å². The van der Waals surface area contributed by atoms with Gasteiger partial charge >= 0.3 is 6.09 Å². The summed E-state index contributed by atoms with van der Waals surface area (Å²) in [6.07, 6.45) is 0.727. The standard InChI is InChI=1S/C16H25ClN4O2/c1-11-8-13(19-14(17)18-11)20(5)9-12-6-7-21(10-12)15(22)23-16(2,3)4/h8,12H,6-7,9-10H2,1-5H3/t12-/m0/s1. The zero-order valence-electron chi connectivity index (χ0n) is 14.5. The van der Waals surface area contributed by atoms with Crippen molar-refractivity contribution in [3.8, 4) is 0 Å². The number of nitrogens with zero attached hydrogens (tertiary/aromatic N) is 4. The number of hydrogen-bond acceptors (Lipinski definition) is 5. The SMILES string of the molecule is Cc1cc(N(C)C[C@@H]2CCN(C(=O)OC(C)(C)C)C2)nc(Cl)n1. The van der Waals surface area contributed by atoms with Crippen LogP contribution < -0.4 is 4.90 Å². The molecule has 1 aliphatic heterocycles. The summed E-state index contributed by atoms with van der Waals surface area (Å²) in [5, 5.41) is 0.258. The van der Waals surface area contributed by atoms with E-state index in [9.17, 15) is 4.79 Å². The van der Waals surface area contributed by atoms with E-state index in [4.69, 9.17) is 16.3 Å². The third-order valence-corrected chi connectivity index (χ3v) is 3.84. The number of carbonyl (C=O) groups excluding carboxylic acids is 1. The molecule has 0 saturated carbocycles. The van der Waals surface area contributed by atoms with Crippen LogP contribution in [0, 0.1) is 12.8 Å². The van der Waals surface area contributed by atoms with Crippen molar-refractivity contribution in [2.45, 2.75) is 39.7 Å². The molecular weight excluding hydrogens is 316 g/mol. The molecule has 1 aromatic heterocycles. The largest absolute Gasteiger partial charge is 0.444 e. The van der Waals surface area contributed by atoms with E-state index in [1.165, 1.54) is 0 Å². The first kappa shape index (κ1) is 17.8. The van der Waals surface area contributed by atoms with E-state index in [1.54, 1.807) is 4.90 Å². The lowest BCUT2D eigenvalue weighted by Gasteiger charge is -2.25. The van der Waals surface area contributed by atoms with E-state index >= 15 is 0 Å². The number of anilines is 1. The maximum atomic E-state index is 12.1. The molecule has 2 rings (SSSR count). The summed E-state index contributed by atoms with van der Waals surface area (Å²) >= 11 is 5.92. The molecular formula is C16H25ClN4O2. The van der Waals surface area contributed by atoms with E-state index < -0.39 is 5.60 Å². The van der Waals surface area contributed by atoms with Crippen LogP contribution in [0.3, 0.4) is 0 Å². The third-order valence-electron chi connectivity index (χ3n) is 3.67. The summed E-state index contributed by atoms with van der Waals surface area (Å²) in [5.41, 5.74) is 0.384. The first-order valence-corrected chi connectivity index (χ1v) is 8.22. The zero-order chi connectivity index (χ0) is 17.2. The van der Waals surface area contributed by atoms with Gasteiger partial charge in [0, 0.05) is 38.4 Å². The van der Waals surface area contributed by atoms with Crippen molar-refractivity contribution < 1.29 is 9.53 Å². The van der Waals surface area contributed by atoms with Crippen molar-refractivity contribution in [3.05, 3.63) is 17.0 Å². The fraction of sp³-hybridized carbons (Fsp3) is 0.688. The molecule has 1 amide bonds. The molecule has 0 aliphatic carbocycles. The fourth-order valence-electron chi connectivity index (χ4n) is 2.67. The highest BCUT2D eigenvalue weighted by Gasteiger charge is 2.30. The molecule has 1 aromatic rings. The molecule has 1 atom stereocenters. The van der Waals surface area contributed by atoms with Crippen LogP contribution in [0.5, 0.6) is 0 Å². The Morgan fingerprint density at radius 2 is 2.17 bits per heavy atom. The van der Waals surface area contributed by atoms with Gasteiger partial charge in [-0.05, 0) is 51.6 Å². The molecule has 1 fully saturated rings. The van der Waals surface area contributed by atoms with Gasteiger partial charge in [0.25, 0.3) is 0 Å². The molecule has 6 nitrogen and oxygen atoms in total. The van der Waals surface area contributed by atoms with Crippen LogP contribution in [0.15, 0.2) is 6.07 Å². The maximum absolute atomic E-state index is 12.1. The minimum absolute atomic E-state index is 0.233. The van der Waals surface area contributed by atoms with Gasteiger partial charge in [-0.1, -0.05) is 0 Å². The minimum atomic E-state index is -0.457. The Bertz CT molecular complexity index is 553. The molecule has 7 heteroatoms. The van der Waals surface area contributed by atoms with Gasteiger partial charge in [-0.2, -0.15) is 0 Å². The van der Waals surface area contributed by atoms with E-state index in [2.05, 4.69) is 14.9 Å². The molecule has 1 aliphatic rings. The molecule has 0 bridgehead atoms. The lowest BCUT2D eigenvalue weighted by molar-refractivity contribution is 0.0288. The fourth-order valence-corrected chi connectivity index (χ4v) is 2.89. The van der Waals surface area contributed by atoms with Gasteiger partial charge in [-0.3, -0.25) is 0 Å². The Morgan fingerprint density at radius 1 is 1.48 bits per heavy atom. The Balaban J connectivity index is 1.91. The maximum Gasteiger partial charge on any atom is 0.410 e. The first-order chi connectivity index (χ1) is 10.6. The van der Waals surface area contributed by atoms with Gasteiger partial charge < -0.3 is 14.5 Å². The Hall–Kier alpha value is -1.56. The number of likely N-dealkylation sites (tertiary alicyclic amines) is 1. The predicted octanol–water partition coefficient (Wildman–Crippen LogP) is 3.13. The van der Waals surface area contributed by atoms with Crippen LogP contribution in [-0.4, -0.2) is 53.2 Å². The normalized spacial score (nSPS) is 18.2. The van der Waals surface area contributed by atoms with Gasteiger partial charge in [0.1, 0.15) is 11.4 Å². The van der Waals surface area contributed by atoms with E-state index in [0.717, 1.165) is 31.0 Å². The Kier molecular flexibility index (Phi) is 5.34. The molecule has 1 saturated heterocycles. The summed E-state index contributed by atoms with van der Waals surface area (Å²) in [7, 11) is 1.98. The lowest BCUT2D eigenvalue weighted by atomic mass is 10.1. The first-order valence-electron chi connectivity index (χ1n) is 7.84. The number of ether oxygens (including phenoxy) is 1. The van der Waals surface area contributed by atoms with Crippen LogP contribution in [-0.2, 0) is 4.74 Å². The van der Waals surface area contributed by atoms with Crippen LogP contribution in [0.1, 0.15) is 32.9 Å². The molecule has 2 heterocycles. The van der Waals surface area contributed by atoms with Gasteiger partial charge in [0.05, 0.1) is 0 Å². The molecule has 23 heavy (non-hydrogen) atoms. The van der Waals surface area contributed by atoms with Crippen molar-refractivity contribution in [3.63, 3.8) is 0 Å². The number of amides is 1. The highest BCUT2D eigenvalue weighted by atomic mass is 35.5. The number of halogens is 1. The summed E-state index contributed by atoms with van der Waals surface area (Å²) in [5.74, 6) is 1.19. The molecule has 0 aromatic carbocycles. The second kappa shape index (κ2) is 6.91. The quantitative estimate of drug-likeness (QED) is 0.791. The lowest BCUT2D eigenvalue weighted by Crippen LogP contribution is -2.36. The smallest absolute Gasteiger partial charge is 0.410 e. The average molecular weight is 341 g/mol. The van der Waals surface area contributed by atoms with E-state index in [-0.39, 0.29) is 11.4 Å². The average Bonchev–Trinajstić information content (AvgIpc) is 2.84. The summed E-state index contributed by atoms with van der Waals surface area (Å²) in [4.78, 5) is 24.3. The van der Waals surface area contributed by atoms with Crippen LogP contribution in [0.2, 0.25) is 5.28 Å². The predicted molar refractivity (Wildman–Crippen MR) is 91.0 cm³/mol. The summed E-state index contributed by atoms with van der Waals surface area (Å²) in [6, 6.07) is 1.91. The van der Waals surface area contributed by atoms with Crippen molar-refractivity contribution in [1.29, 1.82) is 0 Å². The van der Waals surface area contributed by atoms with Crippen molar-refractivity contribution in [1.82, 2.24) is 14.9 Å². The van der Waals surface area contributed by atoms with E-state index in [0.29, 0.717) is 12.5 Å². The monoisotopic (exact) mass is 340 g/mol. The summed E-state index contributed by atoms with van der Waals surface area (Å²) in [6.45, 7) is 9.79. The number of hydrogen-bond donors (Lipinski definition) is 0. The molecule has 0 spiro atoms. The highest BCUT2D eigenvalue weighted by molar-refractivity contribution is 6.28.